The molecule has 1 aliphatic heterocycles. The molecule has 1 fully saturated rings. The van der Waals surface area contributed by atoms with Gasteiger partial charge in [-0.3, -0.25) is 19.3 Å². The van der Waals surface area contributed by atoms with Crippen LogP contribution in [0.1, 0.15) is 42.1 Å². The largest absolute Gasteiger partial charge is 0.507 e. The third kappa shape index (κ3) is 4.86. The number of nitrogens with zero attached hydrogens (tertiary/aromatic N) is 1. The van der Waals surface area contributed by atoms with Crippen LogP contribution in [-0.4, -0.2) is 34.5 Å². The molecule has 2 N–H and O–H groups in total. The summed E-state index contributed by atoms with van der Waals surface area (Å²) in [5.74, 6) is -2.17. The van der Waals surface area contributed by atoms with Crippen molar-refractivity contribution in [2.45, 2.75) is 32.7 Å². The lowest BCUT2D eigenvalue weighted by Gasteiger charge is -2.26. The molecule has 1 aliphatic rings. The zero-order valence-electron chi connectivity index (χ0n) is 20.1. The number of carboxylic acids is 1. The third-order valence-corrected chi connectivity index (χ3v) is 6.16. The minimum atomic E-state index is -0.963. The Balaban J connectivity index is 1.83. The molecule has 0 aromatic heterocycles. The van der Waals surface area contributed by atoms with E-state index in [2.05, 4.69) is 0 Å². The van der Waals surface area contributed by atoms with Crippen molar-refractivity contribution < 1.29 is 29.3 Å². The fourth-order valence-electron chi connectivity index (χ4n) is 4.33. The van der Waals surface area contributed by atoms with Gasteiger partial charge in [0.25, 0.3) is 11.7 Å². The molecule has 3 aromatic carbocycles. The van der Waals surface area contributed by atoms with Gasteiger partial charge in [-0.2, -0.15) is 0 Å². The number of rotatable bonds is 8. The minimum absolute atomic E-state index is 0.0111. The standard InChI is InChI=1S/C29H27NO6/c1-3-18-5-9-20(10-6-18)26-25(27(33)21-11-15-23(16-12-21)36-4-2)28(34)29(35)30(26)22-13-7-19(8-14-22)17-24(31)32/h5-16,26,33H,3-4,17H2,1-2H3,(H,31,32)/b27-25+. The van der Waals surface area contributed by atoms with Crippen LogP contribution in [0.5, 0.6) is 5.75 Å². The molecule has 184 valence electrons. The average molecular weight is 486 g/mol. The molecular weight excluding hydrogens is 458 g/mol. The molecule has 0 aliphatic carbocycles. The summed E-state index contributed by atoms with van der Waals surface area (Å²) in [6.45, 7) is 4.40. The van der Waals surface area contributed by atoms with Gasteiger partial charge in [0, 0.05) is 11.3 Å². The molecule has 7 heteroatoms. The van der Waals surface area contributed by atoms with Crippen molar-refractivity contribution in [1.29, 1.82) is 0 Å². The molecule has 3 aromatic rings. The van der Waals surface area contributed by atoms with Gasteiger partial charge in [-0.1, -0.05) is 43.3 Å². The molecule has 0 saturated carbocycles. The van der Waals surface area contributed by atoms with Crippen LogP contribution in [-0.2, 0) is 27.2 Å². The van der Waals surface area contributed by atoms with E-state index in [-0.39, 0.29) is 17.8 Å². The highest BCUT2D eigenvalue weighted by Crippen LogP contribution is 2.42. The molecule has 1 saturated heterocycles. The fraction of sp³-hybridized carbons (Fsp3) is 0.207. The number of carbonyl (C=O) groups is 3. The van der Waals surface area contributed by atoms with E-state index in [9.17, 15) is 19.5 Å². The fourth-order valence-corrected chi connectivity index (χ4v) is 4.33. The molecule has 1 amide bonds. The molecule has 36 heavy (non-hydrogen) atoms. The van der Waals surface area contributed by atoms with Crippen LogP contribution >= 0.6 is 0 Å². The highest BCUT2D eigenvalue weighted by atomic mass is 16.5. The van der Waals surface area contributed by atoms with Gasteiger partial charge in [0.05, 0.1) is 24.6 Å². The van der Waals surface area contributed by atoms with Gasteiger partial charge >= 0.3 is 5.97 Å². The molecule has 1 heterocycles. The highest BCUT2D eigenvalue weighted by Gasteiger charge is 2.46. The Morgan fingerprint density at radius 2 is 1.47 bits per heavy atom. The Hall–Kier alpha value is -4.39. The predicted octanol–water partition coefficient (Wildman–Crippen LogP) is 4.90. The molecule has 4 rings (SSSR count). The summed E-state index contributed by atoms with van der Waals surface area (Å²) in [5.41, 5.74) is 3.16. The number of carbonyl (C=O) groups excluding carboxylic acids is 2. The van der Waals surface area contributed by atoms with Crippen molar-refractivity contribution in [1.82, 2.24) is 0 Å². The Kier molecular flexibility index (Phi) is 7.20. The summed E-state index contributed by atoms with van der Waals surface area (Å²) in [5, 5.41) is 20.3. The molecule has 0 spiro atoms. The first kappa shape index (κ1) is 24.7. The van der Waals surface area contributed by atoms with E-state index >= 15 is 0 Å². The van der Waals surface area contributed by atoms with Crippen LogP contribution in [0.25, 0.3) is 5.76 Å². The first-order valence-corrected chi connectivity index (χ1v) is 11.8. The van der Waals surface area contributed by atoms with E-state index in [4.69, 9.17) is 9.84 Å². The van der Waals surface area contributed by atoms with E-state index < -0.39 is 23.7 Å². The number of hydrogen-bond donors (Lipinski definition) is 2. The Bertz CT molecular complexity index is 1310. The maximum Gasteiger partial charge on any atom is 0.307 e. The van der Waals surface area contributed by atoms with Crippen molar-refractivity contribution in [3.63, 3.8) is 0 Å². The number of anilines is 1. The zero-order valence-corrected chi connectivity index (χ0v) is 20.1. The Labute approximate surface area is 209 Å². The zero-order chi connectivity index (χ0) is 25.8. The van der Waals surface area contributed by atoms with Gasteiger partial charge in [0.2, 0.25) is 0 Å². The van der Waals surface area contributed by atoms with E-state index in [1.54, 1.807) is 48.5 Å². The van der Waals surface area contributed by atoms with Crippen molar-refractivity contribution in [3.8, 4) is 5.75 Å². The van der Waals surface area contributed by atoms with Gasteiger partial charge in [-0.05, 0) is 66.4 Å². The van der Waals surface area contributed by atoms with Gasteiger partial charge in [-0.25, -0.2) is 0 Å². The Morgan fingerprint density at radius 1 is 0.861 bits per heavy atom. The van der Waals surface area contributed by atoms with Crippen LogP contribution in [0.2, 0.25) is 0 Å². The molecule has 7 nitrogen and oxygen atoms in total. The highest BCUT2D eigenvalue weighted by molar-refractivity contribution is 6.51. The topological polar surface area (TPSA) is 104 Å². The number of hydrogen-bond acceptors (Lipinski definition) is 5. The van der Waals surface area contributed by atoms with Crippen molar-refractivity contribution in [2.24, 2.45) is 0 Å². The second-order valence-corrected chi connectivity index (χ2v) is 8.46. The molecule has 0 bridgehead atoms. The summed E-state index contributed by atoms with van der Waals surface area (Å²) in [4.78, 5) is 39.0. The number of aliphatic carboxylic acids is 1. The summed E-state index contributed by atoms with van der Waals surface area (Å²) in [6.07, 6.45) is 0.677. The number of ether oxygens (including phenoxy) is 1. The number of aryl methyl sites for hydroxylation is 1. The lowest BCUT2D eigenvalue weighted by Crippen LogP contribution is -2.29. The SMILES string of the molecule is CCOc1ccc(/C(O)=C2\C(=O)C(=O)N(c3ccc(CC(=O)O)cc3)C2c2ccc(CC)cc2)cc1. The van der Waals surface area contributed by atoms with Crippen LogP contribution in [0.4, 0.5) is 5.69 Å². The van der Waals surface area contributed by atoms with Crippen molar-refractivity contribution in [2.75, 3.05) is 11.5 Å². The van der Waals surface area contributed by atoms with Gasteiger partial charge in [0.15, 0.2) is 0 Å². The number of carboxylic acid groups (broad SMARTS) is 1. The number of ketones is 1. The Morgan fingerprint density at radius 3 is 2.03 bits per heavy atom. The summed E-state index contributed by atoms with van der Waals surface area (Å²) in [6, 6.07) is 19.9. The maximum atomic E-state index is 13.3. The number of aliphatic hydroxyl groups is 1. The van der Waals surface area contributed by atoms with E-state index in [1.165, 1.54) is 4.90 Å². The normalized spacial score (nSPS) is 16.8. The predicted molar refractivity (Wildman–Crippen MR) is 136 cm³/mol. The van der Waals surface area contributed by atoms with Crippen molar-refractivity contribution >= 4 is 29.1 Å². The van der Waals surface area contributed by atoms with E-state index in [0.717, 1.165) is 12.0 Å². The van der Waals surface area contributed by atoms with Gasteiger partial charge in [0.1, 0.15) is 11.5 Å². The quantitative estimate of drug-likeness (QED) is 0.267. The van der Waals surface area contributed by atoms with E-state index in [0.29, 0.717) is 34.7 Å². The smallest absolute Gasteiger partial charge is 0.307 e. The maximum absolute atomic E-state index is 13.3. The number of aliphatic hydroxyl groups excluding tert-OH is 1. The van der Waals surface area contributed by atoms with Crippen molar-refractivity contribution in [3.05, 3.63) is 101 Å². The monoisotopic (exact) mass is 485 g/mol. The van der Waals surface area contributed by atoms with E-state index in [1.807, 2.05) is 38.1 Å². The second-order valence-electron chi connectivity index (χ2n) is 8.46. The van der Waals surface area contributed by atoms with Crippen LogP contribution < -0.4 is 9.64 Å². The lowest BCUT2D eigenvalue weighted by molar-refractivity contribution is -0.136. The summed E-state index contributed by atoms with van der Waals surface area (Å²) >= 11 is 0. The second kappa shape index (κ2) is 10.5. The average Bonchev–Trinajstić information content (AvgIpc) is 3.14. The number of amides is 1. The lowest BCUT2D eigenvalue weighted by atomic mass is 9.94. The molecule has 1 atom stereocenters. The minimum Gasteiger partial charge on any atom is -0.507 e. The first-order chi connectivity index (χ1) is 17.3. The van der Waals surface area contributed by atoms with Gasteiger partial charge < -0.3 is 14.9 Å². The van der Waals surface area contributed by atoms with Gasteiger partial charge in [-0.15, -0.1) is 0 Å². The van der Waals surface area contributed by atoms with Crippen LogP contribution in [0.15, 0.2) is 78.4 Å². The van der Waals surface area contributed by atoms with Crippen LogP contribution in [0, 0.1) is 0 Å². The summed E-state index contributed by atoms with van der Waals surface area (Å²) < 4.78 is 5.46. The van der Waals surface area contributed by atoms with Crippen LogP contribution in [0.3, 0.4) is 0 Å². The molecule has 1 unspecified atom stereocenters. The number of Topliss-reactive ketones (excluding diaryl/α,β-unsaturated/α-hetero) is 1. The number of benzene rings is 3. The summed E-state index contributed by atoms with van der Waals surface area (Å²) in [7, 11) is 0. The molecule has 0 radical (unpaired) electrons. The molecular formula is C29H27NO6. The first-order valence-electron chi connectivity index (χ1n) is 11.8. The third-order valence-electron chi connectivity index (χ3n) is 6.16.